The number of aromatic nitrogens is 2. The standard InChI is InChI=1S/C25H26ClF2N5O2/c1-30-12-21(16-8-17(26)11-18(27)9-16)33-25(34)19-3-2-15(10-20(19)28)23-24(29)31-13-22(32-23)14-4-6-35-7-5-14/h2-3,8-11,13-14,21,30H,4-7,12H2,1H3,(H2,29,31)(H,33,34). The summed E-state index contributed by atoms with van der Waals surface area (Å²) in [5.74, 6) is -1.54. The Morgan fingerprint density at radius 1 is 1.23 bits per heavy atom. The molecule has 4 rings (SSSR count). The van der Waals surface area contributed by atoms with Crippen LogP contribution in [0.4, 0.5) is 14.6 Å². The van der Waals surface area contributed by atoms with E-state index in [-0.39, 0.29) is 28.9 Å². The maximum absolute atomic E-state index is 15.1. The molecule has 1 aliphatic heterocycles. The van der Waals surface area contributed by atoms with Gasteiger partial charge in [-0.25, -0.2) is 18.7 Å². The molecule has 1 atom stereocenters. The molecule has 10 heteroatoms. The predicted molar refractivity (Wildman–Crippen MR) is 130 cm³/mol. The van der Waals surface area contributed by atoms with Crippen LogP contribution in [0.5, 0.6) is 0 Å². The summed E-state index contributed by atoms with van der Waals surface area (Å²) in [6, 6.07) is 7.55. The van der Waals surface area contributed by atoms with Crippen LogP contribution in [0.3, 0.4) is 0 Å². The van der Waals surface area contributed by atoms with Crippen molar-refractivity contribution >= 4 is 23.3 Å². The minimum Gasteiger partial charge on any atom is -0.382 e. The van der Waals surface area contributed by atoms with Crippen molar-refractivity contribution in [1.29, 1.82) is 0 Å². The third-order valence-corrected chi connectivity index (χ3v) is 6.17. The highest BCUT2D eigenvalue weighted by Gasteiger charge is 2.22. The number of rotatable bonds is 7. The lowest BCUT2D eigenvalue weighted by Crippen LogP contribution is -2.35. The van der Waals surface area contributed by atoms with Crippen molar-refractivity contribution in [3.05, 3.63) is 76.1 Å². The molecule has 7 nitrogen and oxygen atoms in total. The van der Waals surface area contributed by atoms with Crippen molar-refractivity contribution in [2.75, 3.05) is 32.5 Å². The molecule has 35 heavy (non-hydrogen) atoms. The predicted octanol–water partition coefficient (Wildman–Crippen LogP) is 4.24. The average Bonchev–Trinajstić information content (AvgIpc) is 2.84. The number of likely N-dealkylation sites (N-methyl/N-ethyl adjacent to an activating group) is 1. The topological polar surface area (TPSA) is 102 Å². The van der Waals surface area contributed by atoms with Crippen LogP contribution in [-0.2, 0) is 4.74 Å². The Labute approximate surface area is 207 Å². The highest BCUT2D eigenvalue weighted by molar-refractivity contribution is 6.30. The monoisotopic (exact) mass is 501 g/mol. The van der Waals surface area contributed by atoms with Crippen molar-refractivity contribution in [2.45, 2.75) is 24.8 Å². The minimum absolute atomic E-state index is 0.163. The quantitative estimate of drug-likeness (QED) is 0.447. The van der Waals surface area contributed by atoms with Crippen LogP contribution in [0.2, 0.25) is 5.02 Å². The molecule has 1 unspecified atom stereocenters. The van der Waals surface area contributed by atoms with Gasteiger partial charge in [0.05, 0.1) is 23.5 Å². The van der Waals surface area contributed by atoms with Gasteiger partial charge in [0.15, 0.2) is 0 Å². The molecule has 3 aromatic rings. The number of anilines is 1. The van der Waals surface area contributed by atoms with Gasteiger partial charge in [-0.05, 0) is 55.8 Å². The Morgan fingerprint density at radius 3 is 2.69 bits per heavy atom. The van der Waals surface area contributed by atoms with E-state index < -0.39 is 23.6 Å². The fourth-order valence-electron chi connectivity index (χ4n) is 4.13. The zero-order valence-electron chi connectivity index (χ0n) is 19.2. The number of nitrogens with two attached hydrogens (primary N) is 1. The number of benzene rings is 2. The normalized spacial score (nSPS) is 15.1. The molecule has 1 aromatic heterocycles. The number of carbonyl (C=O) groups excluding carboxylic acids is 1. The van der Waals surface area contributed by atoms with Crippen LogP contribution >= 0.6 is 11.6 Å². The maximum atomic E-state index is 15.1. The Morgan fingerprint density at radius 2 is 2.00 bits per heavy atom. The molecular weight excluding hydrogens is 476 g/mol. The van der Waals surface area contributed by atoms with Crippen molar-refractivity contribution in [3.8, 4) is 11.3 Å². The largest absolute Gasteiger partial charge is 0.382 e. The molecule has 2 aromatic carbocycles. The SMILES string of the molecule is CNCC(NC(=O)c1ccc(-c2nc(C3CCOCC3)cnc2N)cc1F)c1cc(F)cc(Cl)c1. The van der Waals surface area contributed by atoms with E-state index in [1.165, 1.54) is 24.3 Å². The van der Waals surface area contributed by atoms with E-state index in [1.54, 1.807) is 25.4 Å². The molecule has 1 amide bonds. The lowest BCUT2D eigenvalue weighted by atomic mass is 9.96. The second-order valence-electron chi connectivity index (χ2n) is 8.40. The zero-order chi connectivity index (χ0) is 24.9. The lowest BCUT2D eigenvalue weighted by Gasteiger charge is -2.22. The van der Waals surface area contributed by atoms with Crippen LogP contribution in [0, 0.1) is 11.6 Å². The average molecular weight is 502 g/mol. The summed E-state index contributed by atoms with van der Waals surface area (Å²) in [7, 11) is 1.69. The summed E-state index contributed by atoms with van der Waals surface area (Å²) in [6.45, 7) is 1.60. The number of ether oxygens (including phenoxy) is 1. The Hall–Kier alpha value is -3.14. The number of halogens is 3. The van der Waals surface area contributed by atoms with E-state index in [2.05, 4.69) is 20.6 Å². The molecule has 1 aliphatic rings. The fraction of sp³-hybridized carbons (Fsp3) is 0.320. The van der Waals surface area contributed by atoms with Crippen molar-refractivity contribution < 1.29 is 18.3 Å². The van der Waals surface area contributed by atoms with E-state index in [0.717, 1.165) is 18.5 Å². The number of nitrogens with zero attached hydrogens (tertiary/aromatic N) is 2. The maximum Gasteiger partial charge on any atom is 0.254 e. The fourth-order valence-corrected chi connectivity index (χ4v) is 4.36. The summed E-state index contributed by atoms with van der Waals surface area (Å²) >= 11 is 5.96. The van der Waals surface area contributed by atoms with Crippen molar-refractivity contribution in [1.82, 2.24) is 20.6 Å². The van der Waals surface area contributed by atoms with Crippen molar-refractivity contribution in [3.63, 3.8) is 0 Å². The van der Waals surface area contributed by atoms with Gasteiger partial charge in [0.25, 0.3) is 5.91 Å². The van der Waals surface area contributed by atoms with E-state index in [4.69, 9.17) is 22.1 Å². The van der Waals surface area contributed by atoms with E-state index >= 15 is 4.39 Å². The first-order valence-electron chi connectivity index (χ1n) is 11.3. The third-order valence-electron chi connectivity index (χ3n) is 5.95. The lowest BCUT2D eigenvalue weighted by molar-refractivity contribution is 0.0844. The summed E-state index contributed by atoms with van der Waals surface area (Å²) in [6.07, 6.45) is 3.30. The van der Waals surface area contributed by atoms with Crippen LogP contribution in [0.1, 0.15) is 46.4 Å². The molecule has 1 saturated heterocycles. The van der Waals surface area contributed by atoms with E-state index in [9.17, 15) is 9.18 Å². The molecule has 0 saturated carbocycles. The number of nitrogens with one attached hydrogen (secondary N) is 2. The van der Waals surface area contributed by atoms with E-state index in [0.29, 0.717) is 30.0 Å². The molecule has 0 radical (unpaired) electrons. The number of nitrogen functional groups attached to an aromatic ring is 1. The first kappa shape index (κ1) is 25.0. The number of hydrogen-bond donors (Lipinski definition) is 3. The molecule has 2 heterocycles. The molecular formula is C25H26ClF2N5O2. The van der Waals surface area contributed by atoms with Gasteiger partial charge in [-0.2, -0.15) is 0 Å². The molecule has 0 aliphatic carbocycles. The first-order valence-corrected chi connectivity index (χ1v) is 11.6. The molecule has 4 N–H and O–H groups in total. The van der Waals surface area contributed by atoms with Crippen LogP contribution < -0.4 is 16.4 Å². The smallest absolute Gasteiger partial charge is 0.254 e. The van der Waals surface area contributed by atoms with Crippen LogP contribution in [0.25, 0.3) is 11.3 Å². The molecule has 184 valence electrons. The van der Waals surface area contributed by atoms with Gasteiger partial charge in [-0.1, -0.05) is 17.7 Å². The number of carbonyl (C=O) groups is 1. The van der Waals surface area contributed by atoms with Gasteiger partial charge in [-0.3, -0.25) is 4.79 Å². The number of hydrogen-bond acceptors (Lipinski definition) is 6. The van der Waals surface area contributed by atoms with Gasteiger partial charge in [-0.15, -0.1) is 0 Å². The molecule has 0 bridgehead atoms. The zero-order valence-corrected chi connectivity index (χ0v) is 19.9. The second-order valence-corrected chi connectivity index (χ2v) is 8.83. The molecule has 1 fully saturated rings. The molecule has 0 spiro atoms. The summed E-state index contributed by atoms with van der Waals surface area (Å²) < 4.78 is 34.3. The summed E-state index contributed by atoms with van der Waals surface area (Å²) in [4.78, 5) is 21.8. The van der Waals surface area contributed by atoms with E-state index in [1.807, 2.05) is 0 Å². The van der Waals surface area contributed by atoms with Crippen molar-refractivity contribution in [2.24, 2.45) is 0 Å². The van der Waals surface area contributed by atoms with Gasteiger partial charge in [0.2, 0.25) is 0 Å². The minimum atomic E-state index is -0.738. The second kappa shape index (κ2) is 11.1. The van der Waals surface area contributed by atoms with Gasteiger partial charge < -0.3 is 21.1 Å². The van der Waals surface area contributed by atoms with Gasteiger partial charge in [0, 0.05) is 36.3 Å². The number of amides is 1. The summed E-state index contributed by atoms with van der Waals surface area (Å²) in [5, 5.41) is 5.87. The van der Waals surface area contributed by atoms with Gasteiger partial charge >= 0.3 is 0 Å². The first-order chi connectivity index (χ1) is 16.9. The summed E-state index contributed by atoms with van der Waals surface area (Å²) in [5.41, 5.74) is 7.90. The Balaban J connectivity index is 1.57. The third kappa shape index (κ3) is 5.93. The highest BCUT2D eigenvalue weighted by atomic mass is 35.5. The highest BCUT2D eigenvalue weighted by Crippen LogP contribution is 2.30. The van der Waals surface area contributed by atoms with Crippen LogP contribution in [-0.4, -0.2) is 42.7 Å². The van der Waals surface area contributed by atoms with Gasteiger partial charge in [0.1, 0.15) is 23.1 Å². The Kier molecular flexibility index (Phi) is 7.90. The Bertz CT molecular complexity index is 1200. The van der Waals surface area contributed by atoms with Crippen LogP contribution in [0.15, 0.2) is 42.6 Å².